The maximum absolute atomic E-state index is 12.5. The molecule has 1 aliphatic heterocycles. The number of hydrogen-bond acceptors (Lipinski definition) is 4. The Kier molecular flexibility index (Phi) is 5.33. The van der Waals surface area contributed by atoms with E-state index in [9.17, 15) is 14.7 Å². The zero-order valence-corrected chi connectivity index (χ0v) is 14.0. The number of ether oxygens (including phenoxy) is 1. The first-order chi connectivity index (χ1) is 11.2. The molecule has 1 aromatic heterocycles. The van der Waals surface area contributed by atoms with Crippen LogP contribution in [0.4, 0.5) is 0 Å². The highest BCUT2D eigenvalue weighted by Gasteiger charge is 2.30. The standard InChI is InChI=1S/C17H23NO4S/c19-16(14-10-23-15-4-2-1-3-12(14)15)18-9-13(17(20)21)11-5-7-22-8-6-11/h10-11,13H,1-9H2,(H,18,19)(H,20,21). The number of carbonyl (C=O) groups is 2. The van der Waals surface area contributed by atoms with Crippen LogP contribution in [0.5, 0.6) is 0 Å². The molecule has 3 rings (SSSR count). The summed E-state index contributed by atoms with van der Waals surface area (Å²) in [6, 6.07) is 0. The lowest BCUT2D eigenvalue weighted by atomic mass is 9.86. The van der Waals surface area contributed by atoms with E-state index in [0.717, 1.165) is 37.7 Å². The van der Waals surface area contributed by atoms with Crippen LogP contribution in [0.3, 0.4) is 0 Å². The van der Waals surface area contributed by atoms with Crippen molar-refractivity contribution in [1.82, 2.24) is 5.32 Å². The van der Waals surface area contributed by atoms with E-state index in [0.29, 0.717) is 13.2 Å². The van der Waals surface area contributed by atoms with Crippen molar-refractivity contribution < 1.29 is 19.4 Å². The van der Waals surface area contributed by atoms with Gasteiger partial charge in [0.2, 0.25) is 0 Å². The Hall–Kier alpha value is -1.40. The zero-order chi connectivity index (χ0) is 16.2. The average Bonchev–Trinajstić information content (AvgIpc) is 2.99. The molecular weight excluding hydrogens is 314 g/mol. The second-order valence-electron chi connectivity index (χ2n) is 6.36. The molecule has 126 valence electrons. The quantitative estimate of drug-likeness (QED) is 0.865. The highest BCUT2D eigenvalue weighted by molar-refractivity contribution is 7.10. The van der Waals surface area contributed by atoms with Gasteiger partial charge in [-0.2, -0.15) is 0 Å². The summed E-state index contributed by atoms with van der Waals surface area (Å²) < 4.78 is 5.30. The molecule has 0 spiro atoms. The molecule has 1 amide bonds. The zero-order valence-electron chi connectivity index (χ0n) is 13.2. The van der Waals surface area contributed by atoms with E-state index in [1.165, 1.54) is 16.9 Å². The van der Waals surface area contributed by atoms with Gasteiger partial charge in [-0.3, -0.25) is 9.59 Å². The van der Waals surface area contributed by atoms with Crippen LogP contribution in [0, 0.1) is 11.8 Å². The van der Waals surface area contributed by atoms with Crippen molar-refractivity contribution in [2.24, 2.45) is 11.8 Å². The lowest BCUT2D eigenvalue weighted by molar-refractivity contribution is -0.144. The molecular formula is C17H23NO4S. The van der Waals surface area contributed by atoms with Gasteiger partial charge in [0.15, 0.2) is 0 Å². The van der Waals surface area contributed by atoms with Crippen molar-refractivity contribution in [1.29, 1.82) is 0 Å². The number of aryl methyl sites for hydroxylation is 1. The molecule has 2 heterocycles. The number of hydrogen-bond donors (Lipinski definition) is 2. The van der Waals surface area contributed by atoms with Crippen LogP contribution in [0.2, 0.25) is 0 Å². The van der Waals surface area contributed by atoms with Gasteiger partial charge in [0.25, 0.3) is 5.91 Å². The molecule has 1 aliphatic carbocycles. The van der Waals surface area contributed by atoms with Crippen LogP contribution in [-0.2, 0) is 22.4 Å². The molecule has 0 bridgehead atoms. The number of amides is 1. The smallest absolute Gasteiger partial charge is 0.308 e. The molecule has 0 radical (unpaired) electrons. The molecule has 1 aromatic rings. The third-order valence-corrected chi connectivity index (χ3v) is 6.03. The fourth-order valence-corrected chi connectivity index (χ4v) is 4.68. The van der Waals surface area contributed by atoms with Crippen LogP contribution in [0.1, 0.15) is 46.5 Å². The van der Waals surface area contributed by atoms with Crippen LogP contribution in [-0.4, -0.2) is 36.7 Å². The molecule has 6 heteroatoms. The molecule has 2 aliphatic rings. The van der Waals surface area contributed by atoms with Crippen molar-refractivity contribution in [3.05, 3.63) is 21.4 Å². The van der Waals surface area contributed by atoms with Crippen molar-refractivity contribution in [2.45, 2.75) is 38.5 Å². The molecule has 1 atom stereocenters. The van der Waals surface area contributed by atoms with Gasteiger partial charge in [-0.05, 0) is 50.0 Å². The summed E-state index contributed by atoms with van der Waals surface area (Å²) in [4.78, 5) is 25.3. The first-order valence-electron chi connectivity index (χ1n) is 8.35. The maximum Gasteiger partial charge on any atom is 0.308 e. The van der Waals surface area contributed by atoms with E-state index in [1.807, 2.05) is 5.38 Å². The Bertz CT molecular complexity index is 577. The van der Waals surface area contributed by atoms with Gasteiger partial charge in [0.1, 0.15) is 0 Å². The number of fused-ring (bicyclic) bond motifs is 1. The second kappa shape index (κ2) is 7.45. The maximum atomic E-state index is 12.5. The van der Waals surface area contributed by atoms with Gasteiger partial charge in [0.05, 0.1) is 11.5 Å². The van der Waals surface area contributed by atoms with Gasteiger partial charge < -0.3 is 15.2 Å². The third kappa shape index (κ3) is 3.75. The lowest BCUT2D eigenvalue weighted by Gasteiger charge is -2.27. The Morgan fingerprint density at radius 2 is 2.04 bits per heavy atom. The first kappa shape index (κ1) is 16.5. The largest absolute Gasteiger partial charge is 0.481 e. The summed E-state index contributed by atoms with van der Waals surface area (Å²) in [6.07, 6.45) is 5.85. The summed E-state index contributed by atoms with van der Waals surface area (Å²) in [5.74, 6) is -1.40. The highest BCUT2D eigenvalue weighted by atomic mass is 32.1. The van der Waals surface area contributed by atoms with Crippen LogP contribution in [0.15, 0.2) is 5.38 Å². The minimum atomic E-state index is -0.829. The van der Waals surface area contributed by atoms with Gasteiger partial charge >= 0.3 is 5.97 Å². The van der Waals surface area contributed by atoms with Gasteiger partial charge in [0, 0.05) is 30.0 Å². The van der Waals surface area contributed by atoms with E-state index in [4.69, 9.17) is 4.74 Å². The van der Waals surface area contributed by atoms with Crippen molar-refractivity contribution >= 4 is 23.2 Å². The average molecular weight is 337 g/mol. The monoisotopic (exact) mass is 337 g/mol. The molecule has 0 aromatic carbocycles. The summed E-state index contributed by atoms with van der Waals surface area (Å²) >= 11 is 1.66. The minimum absolute atomic E-state index is 0.0814. The molecule has 1 saturated heterocycles. The van der Waals surface area contributed by atoms with E-state index >= 15 is 0 Å². The highest BCUT2D eigenvalue weighted by Crippen LogP contribution is 2.30. The topological polar surface area (TPSA) is 75.6 Å². The van der Waals surface area contributed by atoms with Crippen LogP contribution < -0.4 is 5.32 Å². The molecule has 1 fully saturated rings. The number of aliphatic carboxylic acids is 1. The Morgan fingerprint density at radius 3 is 2.78 bits per heavy atom. The Morgan fingerprint density at radius 1 is 1.30 bits per heavy atom. The van der Waals surface area contributed by atoms with E-state index in [-0.39, 0.29) is 18.4 Å². The number of nitrogens with one attached hydrogen (secondary N) is 1. The summed E-state index contributed by atoms with van der Waals surface area (Å²) in [7, 11) is 0. The Labute approximate surface area is 140 Å². The van der Waals surface area contributed by atoms with Crippen molar-refractivity contribution in [3.8, 4) is 0 Å². The van der Waals surface area contributed by atoms with E-state index in [1.54, 1.807) is 11.3 Å². The third-order valence-electron chi connectivity index (χ3n) is 4.94. The lowest BCUT2D eigenvalue weighted by Crippen LogP contribution is -2.39. The van der Waals surface area contributed by atoms with Gasteiger partial charge in [-0.15, -0.1) is 11.3 Å². The summed E-state index contributed by atoms with van der Waals surface area (Å²) in [5.41, 5.74) is 1.93. The predicted octanol–water partition coefficient (Wildman–Crippen LogP) is 2.48. The van der Waals surface area contributed by atoms with Crippen molar-refractivity contribution in [3.63, 3.8) is 0 Å². The van der Waals surface area contributed by atoms with E-state index in [2.05, 4.69) is 5.32 Å². The van der Waals surface area contributed by atoms with Crippen LogP contribution in [0.25, 0.3) is 0 Å². The molecule has 1 unspecified atom stereocenters. The summed E-state index contributed by atoms with van der Waals surface area (Å²) in [6.45, 7) is 1.42. The number of carboxylic acids is 1. The first-order valence-corrected chi connectivity index (χ1v) is 9.22. The normalized spacial score (nSPS) is 19.8. The molecule has 0 saturated carbocycles. The number of carboxylic acid groups (broad SMARTS) is 1. The SMILES string of the molecule is O=C(NCC(C(=O)O)C1CCOCC1)c1csc2c1CCCC2. The molecule has 2 N–H and O–H groups in total. The fourth-order valence-electron chi connectivity index (χ4n) is 3.56. The predicted molar refractivity (Wildman–Crippen MR) is 88.0 cm³/mol. The molecule has 5 nitrogen and oxygen atoms in total. The number of carbonyl (C=O) groups excluding carboxylic acids is 1. The summed E-state index contributed by atoms with van der Waals surface area (Å²) in [5, 5.41) is 14.3. The van der Waals surface area contributed by atoms with Gasteiger partial charge in [-0.25, -0.2) is 0 Å². The van der Waals surface area contributed by atoms with Crippen LogP contribution >= 0.6 is 11.3 Å². The Balaban J connectivity index is 1.62. The number of thiophene rings is 1. The van der Waals surface area contributed by atoms with E-state index < -0.39 is 11.9 Å². The fraction of sp³-hybridized carbons (Fsp3) is 0.647. The van der Waals surface area contributed by atoms with Crippen molar-refractivity contribution in [2.75, 3.05) is 19.8 Å². The number of rotatable bonds is 5. The minimum Gasteiger partial charge on any atom is -0.481 e. The molecule has 23 heavy (non-hydrogen) atoms. The second-order valence-corrected chi connectivity index (χ2v) is 7.33. The van der Waals surface area contributed by atoms with Gasteiger partial charge in [-0.1, -0.05) is 0 Å².